The molecule has 0 bridgehead atoms. The number of likely N-dealkylation sites (N-methyl/N-ethyl adjacent to an activating group) is 1. The third-order valence-corrected chi connectivity index (χ3v) is 10.4. The van der Waals surface area contributed by atoms with E-state index in [1.54, 1.807) is 30.5 Å². The number of para-hydroxylation sites is 1. The number of rotatable bonds is 12. The molecule has 0 amide bonds. The standard InChI is InChI=1S/C36H37ClFN5O5S/c1-4-22-17-24(38)9-10-25(22)32-29(26-19-39-34(31(37)21(26)2)47-16-15-43-13-11-42(3)12-14-43)30-33(40-20-41-35(30)49-32)48-28(36(45)46)18-23-7-5-6-8-27(23)44/h5-10,17,19-20,28,44H,4,11-16,18H2,1-3H3,(H,45,46)/t28-/m1/s1. The molecule has 3 aromatic heterocycles. The van der Waals surface area contributed by atoms with Gasteiger partial charge in [-0.25, -0.2) is 24.1 Å². The second kappa shape index (κ2) is 15.0. The molecule has 13 heteroatoms. The van der Waals surface area contributed by atoms with Crippen molar-refractivity contribution in [2.45, 2.75) is 32.8 Å². The van der Waals surface area contributed by atoms with Gasteiger partial charge in [-0.05, 0) is 60.8 Å². The number of pyridine rings is 1. The summed E-state index contributed by atoms with van der Waals surface area (Å²) in [7, 11) is 2.12. The second-order valence-corrected chi connectivity index (χ2v) is 13.4. The highest BCUT2D eigenvalue weighted by Gasteiger charge is 2.29. The molecule has 5 aromatic rings. The number of fused-ring (bicyclic) bond motifs is 1. The predicted octanol–water partition coefficient (Wildman–Crippen LogP) is 6.49. The van der Waals surface area contributed by atoms with Crippen LogP contribution in [0.25, 0.3) is 31.8 Å². The van der Waals surface area contributed by atoms with Gasteiger partial charge in [0.1, 0.15) is 34.4 Å². The summed E-state index contributed by atoms with van der Waals surface area (Å²) < 4.78 is 26.6. The predicted molar refractivity (Wildman–Crippen MR) is 188 cm³/mol. The number of carboxylic acids is 1. The van der Waals surface area contributed by atoms with E-state index in [4.69, 9.17) is 21.1 Å². The van der Waals surface area contributed by atoms with E-state index in [1.807, 2.05) is 13.8 Å². The number of thiophene rings is 1. The Hall–Kier alpha value is -4.36. The van der Waals surface area contributed by atoms with Crippen molar-refractivity contribution in [2.24, 2.45) is 0 Å². The lowest BCUT2D eigenvalue weighted by molar-refractivity contribution is -0.145. The van der Waals surface area contributed by atoms with Crippen LogP contribution in [-0.2, 0) is 17.6 Å². The van der Waals surface area contributed by atoms with Gasteiger partial charge in [0, 0.05) is 61.3 Å². The van der Waals surface area contributed by atoms with Crippen LogP contribution >= 0.6 is 22.9 Å². The molecule has 0 unspecified atom stereocenters. The number of piperazine rings is 1. The minimum Gasteiger partial charge on any atom is -0.508 e. The van der Waals surface area contributed by atoms with Crippen molar-refractivity contribution in [1.82, 2.24) is 24.8 Å². The Morgan fingerprint density at radius 1 is 1.06 bits per heavy atom. The lowest BCUT2D eigenvalue weighted by atomic mass is 9.95. The molecule has 49 heavy (non-hydrogen) atoms. The lowest BCUT2D eigenvalue weighted by Crippen LogP contribution is -2.45. The molecule has 1 saturated heterocycles. The zero-order valence-corrected chi connectivity index (χ0v) is 29.0. The van der Waals surface area contributed by atoms with Gasteiger partial charge in [0.15, 0.2) is 0 Å². The maximum atomic E-state index is 14.4. The molecule has 6 rings (SSSR count). The van der Waals surface area contributed by atoms with Crippen LogP contribution in [0.5, 0.6) is 17.5 Å². The van der Waals surface area contributed by atoms with Crippen LogP contribution in [0.15, 0.2) is 55.0 Å². The minimum absolute atomic E-state index is 0.0331. The molecule has 256 valence electrons. The number of hydrogen-bond donors (Lipinski definition) is 2. The first-order chi connectivity index (χ1) is 23.6. The number of phenolic OH excluding ortho intramolecular Hbond substituents is 1. The van der Waals surface area contributed by atoms with Gasteiger partial charge >= 0.3 is 5.97 Å². The number of carbonyl (C=O) groups is 1. The first kappa shape index (κ1) is 34.5. The van der Waals surface area contributed by atoms with Crippen molar-refractivity contribution in [1.29, 1.82) is 0 Å². The molecule has 1 atom stereocenters. The molecule has 0 spiro atoms. The summed E-state index contributed by atoms with van der Waals surface area (Å²) in [6.07, 6.45) is 2.08. The molecular formula is C36H37ClFN5O5S. The number of phenols is 1. The van der Waals surface area contributed by atoms with E-state index < -0.39 is 12.1 Å². The van der Waals surface area contributed by atoms with E-state index in [1.165, 1.54) is 35.9 Å². The monoisotopic (exact) mass is 705 g/mol. The van der Waals surface area contributed by atoms with Gasteiger partial charge in [-0.15, -0.1) is 11.3 Å². The molecule has 2 N–H and O–H groups in total. The molecule has 0 aliphatic carbocycles. The Bertz CT molecular complexity index is 1980. The summed E-state index contributed by atoms with van der Waals surface area (Å²) in [5, 5.41) is 21.3. The average molecular weight is 706 g/mol. The normalized spacial score (nSPS) is 14.6. The minimum atomic E-state index is -1.38. The van der Waals surface area contributed by atoms with Gasteiger partial charge in [0.25, 0.3) is 0 Å². The lowest BCUT2D eigenvalue weighted by Gasteiger charge is -2.32. The van der Waals surface area contributed by atoms with Crippen molar-refractivity contribution in [2.75, 3.05) is 46.4 Å². The number of aromatic nitrogens is 3. The van der Waals surface area contributed by atoms with Gasteiger partial charge in [-0.2, -0.15) is 0 Å². The van der Waals surface area contributed by atoms with Gasteiger partial charge in [0.2, 0.25) is 17.9 Å². The van der Waals surface area contributed by atoms with Crippen LogP contribution < -0.4 is 9.47 Å². The zero-order valence-electron chi connectivity index (χ0n) is 27.4. The van der Waals surface area contributed by atoms with Gasteiger partial charge in [-0.3, -0.25) is 4.90 Å². The number of ether oxygens (including phenoxy) is 2. The van der Waals surface area contributed by atoms with Crippen molar-refractivity contribution < 1.29 is 28.9 Å². The van der Waals surface area contributed by atoms with Gasteiger partial charge in [0.05, 0.1) is 5.39 Å². The highest BCUT2D eigenvalue weighted by Crippen LogP contribution is 2.49. The fourth-order valence-corrected chi connectivity index (χ4v) is 7.38. The number of benzene rings is 2. The molecule has 4 heterocycles. The van der Waals surface area contributed by atoms with Crippen LogP contribution in [0.4, 0.5) is 4.39 Å². The Kier molecular flexibility index (Phi) is 10.6. The maximum Gasteiger partial charge on any atom is 0.345 e. The third kappa shape index (κ3) is 7.47. The highest BCUT2D eigenvalue weighted by molar-refractivity contribution is 7.22. The number of hydrogen-bond acceptors (Lipinski definition) is 10. The number of halogens is 2. The smallest absolute Gasteiger partial charge is 0.345 e. The van der Waals surface area contributed by atoms with Crippen molar-refractivity contribution in [3.63, 3.8) is 0 Å². The molecule has 1 aliphatic heterocycles. The highest BCUT2D eigenvalue weighted by atomic mass is 35.5. The fourth-order valence-electron chi connectivity index (χ4n) is 5.97. The van der Waals surface area contributed by atoms with Gasteiger partial charge < -0.3 is 24.6 Å². The zero-order chi connectivity index (χ0) is 34.7. The van der Waals surface area contributed by atoms with Crippen molar-refractivity contribution >= 4 is 39.1 Å². The SMILES string of the molecule is CCc1cc(F)ccc1-c1sc2ncnc(O[C@H](Cc3ccccc3O)C(=O)O)c2c1-c1cnc(OCCN2CCN(C)CC2)c(Cl)c1C. The third-order valence-electron chi connectivity index (χ3n) is 8.82. The molecule has 0 saturated carbocycles. The van der Waals surface area contributed by atoms with Crippen LogP contribution in [0, 0.1) is 12.7 Å². The quantitative estimate of drug-likeness (QED) is 0.149. The number of carboxylic acid groups (broad SMARTS) is 1. The summed E-state index contributed by atoms with van der Waals surface area (Å²) in [6.45, 7) is 8.96. The number of aliphatic carboxylic acids is 1. The molecular weight excluding hydrogens is 669 g/mol. The van der Waals surface area contributed by atoms with E-state index >= 15 is 0 Å². The van der Waals surface area contributed by atoms with Crippen molar-refractivity contribution in [3.05, 3.63) is 82.5 Å². The van der Waals surface area contributed by atoms with E-state index in [9.17, 15) is 19.4 Å². The van der Waals surface area contributed by atoms with Gasteiger partial charge in [-0.1, -0.05) is 42.8 Å². The largest absolute Gasteiger partial charge is 0.508 e. The summed E-state index contributed by atoms with van der Waals surface area (Å²) in [4.78, 5) is 32.0. The molecule has 1 aliphatic rings. The number of aromatic hydroxyl groups is 1. The fraction of sp³-hybridized carbons (Fsp3) is 0.333. The Labute approximate surface area is 292 Å². The van der Waals surface area contributed by atoms with E-state index in [-0.39, 0.29) is 23.9 Å². The Morgan fingerprint density at radius 2 is 1.84 bits per heavy atom. The summed E-state index contributed by atoms with van der Waals surface area (Å²) in [5.74, 6) is -1.24. The molecule has 10 nitrogen and oxygen atoms in total. The second-order valence-electron chi connectivity index (χ2n) is 12.0. The first-order valence-corrected chi connectivity index (χ1v) is 17.3. The summed E-state index contributed by atoms with van der Waals surface area (Å²) >= 11 is 8.30. The Balaban J connectivity index is 1.43. The number of aryl methyl sites for hydroxylation is 1. The van der Waals surface area contributed by atoms with Crippen LogP contribution in [0.2, 0.25) is 5.02 Å². The molecule has 0 radical (unpaired) electrons. The number of nitrogens with zero attached hydrogens (tertiary/aromatic N) is 5. The average Bonchev–Trinajstić information content (AvgIpc) is 3.48. The summed E-state index contributed by atoms with van der Waals surface area (Å²) in [5.41, 5.74) is 3.97. The molecule has 2 aromatic carbocycles. The Morgan fingerprint density at radius 3 is 2.57 bits per heavy atom. The first-order valence-electron chi connectivity index (χ1n) is 16.1. The van der Waals surface area contributed by atoms with Crippen LogP contribution in [-0.4, -0.2) is 93.4 Å². The maximum absolute atomic E-state index is 14.4. The van der Waals surface area contributed by atoms with Crippen LogP contribution in [0.1, 0.15) is 23.6 Å². The van der Waals surface area contributed by atoms with Crippen molar-refractivity contribution in [3.8, 4) is 39.1 Å². The van der Waals surface area contributed by atoms with E-state index in [0.29, 0.717) is 56.4 Å². The topological polar surface area (TPSA) is 121 Å². The van der Waals surface area contributed by atoms with E-state index in [0.717, 1.165) is 48.7 Å². The van der Waals surface area contributed by atoms with Crippen LogP contribution in [0.3, 0.4) is 0 Å². The van der Waals surface area contributed by atoms with E-state index in [2.05, 4.69) is 31.8 Å². The summed E-state index contributed by atoms with van der Waals surface area (Å²) in [6, 6.07) is 11.2. The molecule has 1 fully saturated rings.